The highest BCUT2D eigenvalue weighted by Gasteiger charge is 2.31. The van der Waals surface area contributed by atoms with Gasteiger partial charge in [-0.15, -0.1) is 10.2 Å². The zero-order valence-corrected chi connectivity index (χ0v) is 15.7. The number of rotatable bonds is 5. The maximum absolute atomic E-state index is 13.0. The normalized spacial score (nSPS) is 11.7. The van der Waals surface area contributed by atoms with Crippen LogP contribution in [0.2, 0.25) is 0 Å². The maximum Gasteiger partial charge on any atom is 0.417 e. The van der Waals surface area contributed by atoms with Crippen molar-refractivity contribution < 1.29 is 17.6 Å². The van der Waals surface area contributed by atoms with E-state index in [9.17, 15) is 17.6 Å². The van der Waals surface area contributed by atoms with Crippen molar-refractivity contribution in [1.29, 1.82) is 0 Å². The number of hydrogen-bond acceptors (Lipinski definition) is 8. The fourth-order valence-electron chi connectivity index (χ4n) is 2.49. The molecule has 8 nitrogen and oxygen atoms in total. The third-order valence-corrected chi connectivity index (χ3v) is 4.77. The predicted octanol–water partition coefficient (Wildman–Crippen LogP) is 3.69. The van der Waals surface area contributed by atoms with Crippen LogP contribution in [-0.4, -0.2) is 29.5 Å². The smallest absolute Gasteiger partial charge is 0.368 e. The zero-order chi connectivity index (χ0) is 21.3. The van der Waals surface area contributed by atoms with Crippen LogP contribution in [0.1, 0.15) is 11.4 Å². The van der Waals surface area contributed by atoms with Crippen LogP contribution >= 0.6 is 11.8 Å². The van der Waals surface area contributed by atoms with Gasteiger partial charge in [0, 0.05) is 11.9 Å². The first-order valence-corrected chi connectivity index (χ1v) is 9.34. The van der Waals surface area contributed by atoms with Gasteiger partial charge in [0.2, 0.25) is 11.9 Å². The summed E-state index contributed by atoms with van der Waals surface area (Å²) in [5.41, 5.74) is 5.72. The molecule has 0 spiro atoms. The highest BCUT2D eigenvalue weighted by Crippen LogP contribution is 2.30. The lowest BCUT2D eigenvalue weighted by atomic mass is 10.3. The molecule has 0 atom stereocenters. The molecule has 3 heterocycles. The molecule has 0 unspecified atom stereocenters. The van der Waals surface area contributed by atoms with Crippen molar-refractivity contribution in [3.05, 3.63) is 59.8 Å². The van der Waals surface area contributed by atoms with Gasteiger partial charge in [-0.3, -0.25) is 4.40 Å². The average Bonchev–Trinajstić information content (AvgIpc) is 3.09. The number of fused-ring (bicyclic) bond motifs is 1. The first kappa shape index (κ1) is 19.8. The SMILES string of the molecule is Nc1nc(CSc2nnc3ccc(C(F)(F)F)cn23)nc(Nc2ccc(F)cc2)n1. The van der Waals surface area contributed by atoms with Crippen molar-refractivity contribution in [3.63, 3.8) is 0 Å². The Bertz CT molecular complexity index is 1190. The number of aromatic nitrogens is 6. The third-order valence-electron chi connectivity index (χ3n) is 3.83. The van der Waals surface area contributed by atoms with Crippen LogP contribution in [0, 0.1) is 5.82 Å². The number of hydrogen-bond donors (Lipinski definition) is 2. The van der Waals surface area contributed by atoms with Gasteiger partial charge >= 0.3 is 6.18 Å². The van der Waals surface area contributed by atoms with E-state index >= 15 is 0 Å². The Hall–Kier alpha value is -3.48. The Balaban J connectivity index is 1.53. The molecule has 4 aromatic rings. The second-order valence-corrected chi connectivity index (χ2v) is 6.92. The van der Waals surface area contributed by atoms with Gasteiger partial charge in [-0.2, -0.15) is 28.1 Å². The van der Waals surface area contributed by atoms with Crippen molar-refractivity contribution >= 4 is 35.0 Å². The van der Waals surface area contributed by atoms with E-state index in [1.807, 2.05) is 0 Å². The monoisotopic (exact) mass is 436 g/mol. The Morgan fingerprint density at radius 1 is 1.00 bits per heavy atom. The van der Waals surface area contributed by atoms with E-state index in [2.05, 4.69) is 30.5 Å². The molecule has 0 aliphatic heterocycles. The summed E-state index contributed by atoms with van der Waals surface area (Å²) in [5.74, 6) is 0.149. The van der Waals surface area contributed by atoms with Crippen molar-refractivity contribution in [2.75, 3.05) is 11.1 Å². The van der Waals surface area contributed by atoms with Crippen molar-refractivity contribution in [2.45, 2.75) is 17.1 Å². The molecular formula is C17H12F4N8S. The molecule has 4 rings (SSSR count). The summed E-state index contributed by atoms with van der Waals surface area (Å²) in [6, 6.07) is 7.74. The summed E-state index contributed by atoms with van der Waals surface area (Å²) in [5, 5.41) is 10.9. The Morgan fingerprint density at radius 2 is 1.77 bits per heavy atom. The topological polar surface area (TPSA) is 107 Å². The van der Waals surface area contributed by atoms with Crippen LogP contribution in [0.25, 0.3) is 5.65 Å². The van der Waals surface area contributed by atoms with Crippen molar-refractivity contribution in [2.24, 2.45) is 0 Å². The van der Waals surface area contributed by atoms with E-state index in [0.717, 1.165) is 24.0 Å². The van der Waals surface area contributed by atoms with E-state index in [4.69, 9.17) is 5.73 Å². The lowest BCUT2D eigenvalue weighted by molar-refractivity contribution is -0.137. The van der Waals surface area contributed by atoms with Crippen LogP contribution in [0.3, 0.4) is 0 Å². The van der Waals surface area contributed by atoms with Gasteiger partial charge in [0.15, 0.2) is 10.8 Å². The molecule has 30 heavy (non-hydrogen) atoms. The summed E-state index contributed by atoms with van der Waals surface area (Å²) in [6.07, 6.45) is -3.55. The first-order chi connectivity index (χ1) is 14.3. The first-order valence-electron chi connectivity index (χ1n) is 8.36. The lowest BCUT2D eigenvalue weighted by Crippen LogP contribution is -2.07. The molecule has 3 aromatic heterocycles. The average molecular weight is 436 g/mol. The molecule has 0 aliphatic rings. The molecule has 3 N–H and O–H groups in total. The number of nitrogens with two attached hydrogens (primary N) is 1. The van der Waals surface area contributed by atoms with E-state index in [0.29, 0.717) is 5.69 Å². The van der Waals surface area contributed by atoms with Gasteiger partial charge in [0.1, 0.15) is 11.6 Å². The van der Waals surface area contributed by atoms with Gasteiger partial charge in [-0.05, 0) is 36.4 Å². The minimum absolute atomic E-state index is 0.0457. The van der Waals surface area contributed by atoms with E-state index in [1.54, 1.807) is 0 Å². The number of halogens is 4. The number of nitrogens with zero attached hydrogens (tertiary/aromatic N) is 6. The van der Waals surface area contributed by atoms with Crippen LogP contribution in [0.5, 0.6) is 0 Å². The van der Waals surface area contributed by atoms with Gasteiger partial charge < -0.3 is 11.1 Å². The highest BCUT2D eigenvalue weighted by atomic mass is 32.2. The molecule has 154 valence electrons. The third kappa shape index (κ3) is 4.40. The molecule has 0 amide bonds. The van der Waals surface area contributed by atoms with Crippen LogP contribution < -0.4 is 11.1 Å². The number of alkyl halides is 3. The predicted molar refractivity (Wildman–Crippen MR) is 101 cm³/mol. The number of benzene rings is 1. The lowest BCUT2D eigenvalue weighted by Gasteiger charge is -2.08. The summed E-state index contributed by atoms with van der Waals surface area (Å²) in [4.78, 5) is 12.2. The second kappa shape index (κ2) is 7.74. The second-order valence-electron chi connectivity index (χ2n) is 5.98. The Morgan fingerprint density at radius 3 is 2.50 bits per heavy atom. The van der Waals surface area contributed by atoms with E-state index in [-0.39, 0.29) is 40.1 Å². The summed E-state index contributed by atoms with van der Waals surface area (Å²) in [7, 11) is 0. The molecule has 0 fully saturated rings. The molecular weight excluding hydrogens is 424 g/mol. The van der Waals surface area contributed by atoms with Gasteiger partial charge in [0.25, 0.3) is 0 Å². The fraction of sp³-hybridized carbons (Fsp3) is 0.118. The number of thioether (sulfide) groups is 1. The minimum atomic E-state index is -4.48. The fourth-order valence-corrected chi connectivity index (χ4v) is 3.26. The van der Waals surface area contributed by atoms with Crippen LogP contribution in [-0.2, 0) is 11.9 Å². The van der Waals surface area contributed by atoms with E-state index < -0.39 is 11.7 Å². The largest absolute Gasteiger partial charge is 0.417 e. The van der Waals surface area contributed by atoms with Crippen LogP contribution in [0.15, 0.2) is 47.8 Å². The van der Waals surface area contributed by atoms with Gasteiger partial charge in [0.05, 0.1) is 11.3 Å². The zero-order valence-electron chi connectivity index (χ0n) is 14.9. The van der Waals surface area contributed by atoms with Crippen molar-refractivity contribution in [1.82, 2.24) is 29.5 Å². The van der Waals surface area contributed by atoms with Crippen LogP contribution in [0.4, 0.5) is 35.1 Å². The number of anilines is 3. The van der Waals surface area contributed by atoms with E-state index in [1.165, 1.54) is 34.7 Å². The summed E-state index contributed by atoms with van der Waals surface area (Å²) >= 11 is 1.09. The molecule has 0 bridgehead atoms. The summed E-state index contributed by atoms with van der Waals surface area (Å²) in [6.45, 7) is 0. The molecule has 0 saturated heterocycles. The minimum Gasteiger partial charge on any atom is -0.368 e. The van der Waals surface area contributed by atoms with Crippen molar-refractivity contribution in [3.8, 4) is 0 Å². The number of nitrogen functional groups attached to an aromatic ring is 1. The van der Waals surface area contributed by atoms with Gasteiger partial charge in [-0.25, -0.2) is 4.39 Å². The Kier molecular flexibility index (Phi) is 5.11. The molecule has 1 aromatic carbocycles. The standard InChI is InChI=1S/C17H12F4N8S/c18-10-2-4-11(5-3-10)23-15-25-12(24-14(22)26-15)8-30-16-28-27-13-6-1-9(7-29(13)16)17(19,20)21/h1-7H,8H2,(H3,22,23,24,25,26). The molecule has 13 heteroatoms. The number of nitrogens with one attached hydrogen (secondary N) is 1. The highest BCUT2D eigenvalue weighted by molar-refractivity contribution is 7.98. The molecule has 0 aliphatic carbocycles. The quantitative estimate of drug-likeness (QED) is 0.360. The molecule has 0 saturated carbocycles. The van der Waals surface area contributed by atoms with Gasteiger partial charge in [-0.1, -0.05) is 11.8 Å². The summed E-state index contributed by atoms with van der Waals surface area (Å²) < 4.78 is 53.2. The maximum atomic E-state index is 13.0. The number of pyridine rings is 1. The Labute approximate surface area is 170 Å². The molecule has 0 radical (unpaired) electrons.